The number of thiazole rings is 1. The van der Waals surface area contributed by atoms with Gasteiger partial charge in [0.2, 0.25) is 11.8 Å². The molecular weight excluding hydrogens is 432 g/mol. The fourth-order valence-corrected chi connectivity index (χ4v) is 5.67. The van der Waals surface area contributed by atoms with E-state index in [0.717, 1.165) is 60.1 Å². The molecule has 3 heterocycles. The number of benzene rings is 2. The molecule has 2 aliphatic heterocycles. The van der Waals surface area contributed by atoms with E-state index in [9.17, 15) is 9.59 Å². The van der Waals surface area contributed by atoms with Crippen LogP contribution in [0.5, 0.6) is 0 Å². The molecule has 0 radical (unpaired) electrons. The Morgan fingerprint density at radius 3 is 2.45 bits per heavy atom. The van der Waals surface area contributed by atoms with Crippen molar-refractivity contribution in [1.82, 2.24) is 4.98 Å². The number of para-hydroxylation sites is 2. The topological polar surface area (TPSA) is 65.5 Å². The third-order valence-electron chi connectivity index (χ3n) is 6.55. The molecule has 0 aliphatic carbocycles. The Hall–Kier alpha value is -3.19. The zero-order valence-electron chi connectivity index (χ0n) is 18.7. The van der Waals surface area contributed by atoms with Gasteiger partial charge in [0.1, 0.15) is 6.04 Å². The molecule has 33 heavy (non-hydrogen) atoms. The maximum absolute atomic E-state index is 13.8. The molecule has 0 saturated carbocycles. The Morgan fingerprint density at radius 1 is 1.00 bits per heavy atom. The standard InChI is InChI=1S/C26H28N4O2S/c1-18-17-33-26(27-18)29-15-13-20(14-16-29)25(32)30-22-10-6-5-7-19(22)11-12-23(30)24(31)28-21-8-3-2-4-9-21/h2-10,17,20,23H,11-16H2,1H3,(H,28,31). The van der Waals surface area contributed by atoms with Crippen LogP contribution in [0.2, 0.25) is 0 Å². The number of amides is 2. The number of nitrogens with one attached hydrogen (secondary N) is 1. The number of hydrogen-bond donors (Lipinski definition) is 1. The first kappa shape index (κ1) is 21.6. The molecule has 2 amide bonds. The molecule has 170 valence electrons. The van der Waals surface area contributed by atoms with Crippen LogP contribution in [-0.2, 0) is 16.0 Å². The molecule has 1 atom stereocenters. The molecule has 7 heteroatoms. The van der Waals surface area contributed by atoms with Crippen molar-refractivity contribution in [2.45, 2.75) is 38.6 Å². The molecule has 2 aliphatic rings. The van der Waals surface area contributed by atoms with Gasteiger partial charge < -0.3 is 10.2 Å². The Kier molecular flexibility index (Phi) is 6.13. The van der Waals surface area contributed by atoms with Crippen molar-refractivity contribution in [3.05, 3.63) is 71.2 Å². The van der Waals surface area contributed by atoms with Gasteiger partial charge in [0.25, 0.3) is 0 Å². The van der Waals surface area contributed by atoms with Crippen LogP contribution < -0.4 is 15.1 Å². The van der Waals surface area contributed by atoms with E-state index < -0.39 is 6.04 Å². The van der Waals surface area contributed by atoms with Gasteiger partial charge in [-0.05, 0) is 56.4 Å². The second-order valence-corrected chi connectivity index (χ2v) is 9.62. The van der Waals surface area contributed by atoms with Gasteiger partial charge in [0.05, 0.1) is 5.69 Å². The van der Waals surface area contributed by atoms with Crippen molar-refractivity contribution >= 4 is 39.7 Å². The van der Waals surface area contributed by atoms with Crippen LogP contribution in [0.25, 0.3) is 0 Å². The summed E-state index contributed by atoms with van der Waals surface area (Å²) < 4.78 is 0. The van der Waals surface area contributed by atoms with Crippen LogP contribution in [0.3, 0.4) is 0 Å². The molecule has 1 saturated heterocycles. The number of rotatable bonds is 4. The first-order valence-corrected chi connectivity index (χ1v) is 12.4. The first-order chi connectivity index (χ1) is 16.1. The van der Waals surface area contributed by atoms with Crippen LogP contribution in [0.15, 0.2) is 60.0 Å². The molecule has 1 unspecified atom stereocenters. The van der Waals surface area contributed by atoms with Gasteiger partial charge in [-0.1, -0.05) is 36.4 Å². The summed E-state index contributed by atoms with van der Waals surface area (Å²) in [5, 5.41) is 6.11. The van der Waals surface area contributed by atoms with E-state index in [0.29, 0.717) is 6.42 Å². The van der Waals surface area contributed by atoms with E-state index >= 15 is 0 Å². The molecule has 1 fully saturated rings. The highest BCUT2D eigenvalue weighted by molar-refractivity contribution is 7.13. The Labute approximate surface area is 198 Å². The summed E-state index contributed by atoms with van der Waals surface area (Å²) in [6.45, 7) is 3.62. The molecule has 0 bridgehead atoms. The van der Waals surface area contributed by atoms with E-state index in [-0.39, 0.29) is 17.7 Å². The molecule has 2 aromatic carbocycles. The second kappa shape index (κ2) is 9.35. The molecule has 6 nitrogen and oxygen atoms in total. The highest BCUT2D eigenvalue weighted by Crippen LogP contribution is 2.35. The number of anilines is 3. The number of piperidine rings is 1. The summed E-state index contributed by atoms with van der Waals surface area (Å²) in [7, 11) is 0. The summed E-state index contributed by atoms with van der Waals surface area (Å²) in [5.74, 6) is -0.162. The van der Waals surface area contributed by atoms with E-state index in [4.69, 9.17) is 0 Å². The minimum absolute atomic E-state index is 0.0605. The number of nitrogens with zero attached hydrogens (tertiary/aromatic N) is 3. The highest BCUT2D eigenvalue weighted by atomic mass is 32.1. The van der Waals surface area contributed by atoms with Crippen LogP contribution in [0, 0.1) is 12.8 Å². The number of carbonyl (C=O) groups is 2. The summed E-state index contributed by atoms with van der Waals surface area (Å²) in [4.78, 5) is 35.8. The van der Waals surface area contributed by atoms with Crippen LogP contribution in [0.4, 0.5) is 16.5 Å². The molecule has 1 aromatic heterocycles. The van der Waals surface area contributed by atoms with E-state index in [1.165, 1.54) is 0 Å². The maximum Gasteiger partial charge on any atom is 0.247 e. The van der Waals surface area contributed by atoms with Crippen molar-refractivity contribution < 1.29 is 9.59 Å². The summed E-state index contributed by atoms with van der Waals surface area (Å²) in [5.41, 5.74) is 3.79. The average molecular weight is 461 g/mol. The summed E-state index contributed by atoms with van der Waals surface area (Å²) in [6.07, 6.45) is 2.94. The van der Waals surface area contributed by atoms with Crippen LogP contribution in [-0.4, -0.2) is 35.9 Å². The maximum atomic E-state index is 13.8. The second-order valence-electron chi connectivity index (χ2n) is 8.78. The predicted molar refractivity (Wildman–Crippen MR) is 133 cm³/mol. The highest BCUT2D eigenvalue weighted by Gasteiger charge is 2.39. The zero-order valence-corrected chi connectivity index (χ0v) is 19.6. The summed E-state index contributed by atoms with van der Waals surface area (Å²) >= 11 is 1.66. The van der Waals surface area contributed by atoms with Crippen molar-refractivity contribution in [2.24, 2.45) is 5.92 Å². The van der Waals surface area contributed by atoms with Crippen molar-refractivity contribution in [3.8, 4) is 0 Å². The Bertz CT molecular complexity index is 1140. The minimum atomic E-state index is -0.507. The largest absolute Gasteiger partial charge is 0.348 e. The van der Waals surface area contributed by atoms with Crippen molar-refractivity contribution in [1.29, 1.82) is 0 Å². The number of fused-ring (bicyclic) bond motifs is 1. The summed E-state index contributed by atoms with van der Waals surface area (Å²) in [6, 6.07) is 16.9. The number of carbonyl (C=O) groups excluding carboxylic acids is 2. The third kappa shape index (κ3) is 4.50. The van der Waals surface area contributed by atoms with Crippen LogP contribution in [0.1, 0.15) is 30.5 Å². The lowest BCUT2D eigenvalue weighted by Crippen LogP contribution is -2.53. The minimum Gasteiger partial charge on any atom is -0.348 e. The van der Waals surface area contributed by atoms with Crippen molar-refractivity contribution in [3.63, 3.8) is 0 Å². The molecular formula is C26H28N4O2S. The number of aromatic nitrogens is 1. The van der Waals surface area contributed by atoms with E-state index in [2.05, 4.69) is 26.6 Å². The fraction of sp³-hybridized carbons (Fsp3) is 0.346. The SMILES string of the molecule is Cc1csc(N2CCC(C(=O)N3c4ccccc4CCC3C(=O)Nc3ccccc3)CC2)n1. The Morgan fingerprint density at radius 2 is 1.73 bits per heavy atom. The zero-order chi connectivity index (χ0) is 22.8. The van der Waals surface area contributed by atoms with Gasteiger partial charge in [-0.15, -0.1) is 11.3 Å². The van der Waals surface area contributed by atoms with Crippen LogP contribution >= 0.6 is 11.3 Å². The molecule has 1 N–H and O–H groups in total. The number of aryl methyl sites for hydroxylation is 2. The third-order valence-corrected chi connectivity index (χ3v) is 7.57. The molecule has 0 spiro atoms. The van der Waals surface area contributed by atoms with Crippen molar-refractivity contribution in [2.75, 3.05) is 28.2 Å². The van der Waals surface area contributed by atoms with E-state index in [1.54, 1.807) is 16.2 Å². The lowest BCUT2D eigenvalue weighted by molar-refractivity contribution is -0.126. The van der Waals surface area contributed by atoms with Gasteiger partial charge in [-0.25, -0.2) is 4.98 Å². The monoisotopic (exact) mass is 460 g/mol. The average Bonchev–Trinajstić information content (AvgIpc) is 3.30. The lowest BCUT2D eigenvalue weighted by Gasteiger charge is -2.40. The molecule has 3 aromatic rings. The molecule has 5 rings (SSSR count). The quantitative estimate of drug-likeness (QED) is 0.615. The van der Waals surface area contributed by atoms with Gasteiger partial charge in [0, 0.05) is 35.8 Å². The normalized spacial score (nSPS) is 18.6. The predicted octanol–water partition coefficient (Wildman–Crippen LogP) is 4.65. The van der Waals surface area contributed by atoms with Gasteiger partial charge in [-0.3, -0.25) is 14.5 Å². The smallest absolute Gasteiger partial charge is 0.247 e. The lowest BCUT2D eigenvalue weighted by atomic mass is 9.90. The Balaban J connectivity index is 1.35. The fourth-order valence-electron chi connectivity index (χ4n) is 4.82. The van der Waals surface area contributed by atoms with E-state index in [1.807, 2.05) is 55.5 Å². The van der Waals surface area contributed by atoms with Gasteiger partial charge >= 0.3 is 0 Å². The first-order valence-electron chi connectivity index (χ1n) is 11.5. The van der Waals surface area contributed by atoms with Gasteiger partial charge in [0.15, 0.2) is 5.13 Å². The van der Waals surface area contributed by atoms with Gasteiger partial charge in [-0.2, -0.15) is 0 Å². The number of hydrogen-bond acceptors (Lipinski definition) is 5.